The largest absolute Gasteiger partial charge is 0.507 e. The summed E-state index contributed by atoms with van der Waals surface area (Å²) in [5.74, 6) is -3.61. The van der Waals surface area contributed by atoms with Crippen LogP contribution < -0.4 is 15.9 Å². The summed E-state index contributed by atoms with van der Waals surface area (Å²) in [5, 5.41) is 61.1. The average molecular weight is 727 g/mol. The lowest BCUT2D eigenvalue weighted by molar-refractivity contribution is -0.384. The Kier molecular flexibility index (Phi) is 10.2. The Morgan fingerprint density at radius 3 is 2.47 bits per heavy atom. The molecule has 3 aromatic rings. The number of ketones is 2. The van der Waals surface area contributed by atoms with Gasteiger partial charge in [0, 0.05) is 59.7 Å². The van der Waals surface area contributed by atoms with Crippen molar-refractivity contribution < 1.29 is 53.9 Å². The van der Waals surface area contributed by atoms with Gasteiger partial charge in [-0.3, -0.25) is 24.5 Å². The molecule has 2 aliphatic carbocycles. The van der Waals surface area contributed by atoms with Crippen LogP contribution in [-0.2, 0) is 15.9 Å². The first kappa shape index (κ1) is 37.3. The average Bonchev–Trinajstić information content (AvgIpc) is 3.09. The number of hydrazone groups is 1. The third-order valence-corrected chi connectivity index (χ3v) is 9.46. The highest BCUT2D eigenvalue weighted by Gasteiger charge is 2.49. The lowest BCUT2D eigenvalue weighted by Crippen LogP contribution is -2.52. The van der Waals surface area contributed by atoms with E-state index in [4.69, 9.17) is 19.9 Å². The molecule has 0 bridgehead atoms. The van der Waals surface area contributed by atoms with Crippen LogP contribution in [0.2, 0.25) is 0 Å². The second-order valence-electron chi connectivity index (χ2n) is 12.5. The number of aliphatic hydroxyl groups is 2. The highest BCUT2D eigenvalue weighted by atomic mass is 35.5. The van der Waals surface area contributed by atoms with Crippen LogP contribution in [0.4, 0.5) is 5.69 Å². The maximum Gasteiger partial charge on any atom is 0.271 e. The van der Waals surface area contributed by atoms with Gasteiger partial charge in [-0.2, -0.15) is 5.10 Å². The number of nitrogens with zero attached hydrogens (tertiary/aromatic N) is 2. The van der Waals surface area contributed by atoms with Crippen LogP contribution in [0.15, 0.2) is 47.6 Å². The number of carbonyl (C=O) groups is 3. The number of benzene rings is 3. The molecular formula is C34H35ClN4O12. The monoisotopic (exact) mass is 726 g/mol. The van der Waals surface area contributed by atoms with E-state index in [9.17, 15) is 44.9 Å². The molecule has 16 nitrogen and oxygen atoms in total. The van der Waals surface area contributed by atoms with Gasteiger partial charge >= 0.3 is 0 Å². The van der Waals surface area contributed by atoms with Crippen molar-refractivity contribution in [2.45, 2.75) is 69.4 Å². The highest BCUT2D eigenvalue weighted by molar-refractivity contribution is 6.31. The molecule has 1 heterocycles. The smallest absolute Gasteiger partial charge is 0.271 e. The Morgan fingerprint density at radius 1 is 1.12 bits per heavy atom. The number of fused-ring (bicyclic) bond motifs is 3. The molecule has 4 unspecified atom stereocenters. The van der Waals surface area contributed by atoms with E-state index >= 15 is 0 Å². The summed E-state index contributed by atoms with van der Waals surface area (Å²) < 4.78 is 17.4. The Hall–Kier alpha value is -4.97. The molecule has 1 amide bonds. The van der Waals surface area contributed by atoms with Crippen molar-refractivity contribution in [1.82, 2.24) is 5.43 Å². The second-order valence-corrected chi connectivity index (χ2v) is 12.5. The Morgan fingerprint density at radius 2 is 1.80 bits per heavy atom. The lowest BCUT2D eigenvalue weighted by Gasteiger charge is -2.42. The summed E-state index contributed by atoms with van der Waals surface area (Å²) in [6.07, 6.45) is -4.97. The molecule has 0 aromatic heterocycles. The topological polar surface area (TPSA) is 253 Å². The van der Waals surface area contributed by atoms with Gasteiger partial charge in [-0.25, -0.2) is 5.43 Å². The molecule has 270 valence electrons. The van der Waals surface area contributed by atoms with Gasteiger partial charge in [-0.15, -0.1) is 12.4 Å². The molecule has 1 saturated heterocycles. The number of hydrogen-bond donors (Lipinski definition) is 6. The molecular weight excluding hydrogens is 692 g/mol. The zero-order chi connectivity index (χ0) is 36.2. The first-order valence-electron chi connectivity index (χ1n) is 15.6. The van der Waals surface area contributed by atoms with Gasteiger partial charge < -0.3 is 40.4 Å². The number of nitrogens with two attached hydrogens (primary N) is 1. The number of halogens is 1. The fourth-order valence-corrected chi connectivity index (χ4v) is 6.73. The van der Waals surface area contributed by atoms with Crippen LogP contribution in [-0.4, -0.2) is 85.8 Å². The molecule has 17 heteroatoms. The van der Waals surface area contributed by atoms with Gasteiger partial charge in [0.15, 0.2) is 12.1 Å². The minimum atomic E-state index is -2.00. The number of non-ortho nitro benzene ring substituents is 1. The minimum Gasteiger partial charge on any atom is -0.507 e. The normalized spacial score (nSPS) is 25.5. The van der Waals surface area contributed by atoms with E-state index in [1.165, 1.54) is 50.4 Å². The maximum absolute atomic E-state index is 13.9. The number of aliphatic hydroxyl groups excluding tert-OH is 1. The van der Waals surface area contributed by atoms with E-state index in [0.717, 1.165) is 6.07 Å². The number of phenols is 2. The quantitative estimate of drug-likeness (QED) is 0.0694. The van der Waals surface area contributed by atoms with Crippen LogP contribution in [0, 0.1) is 10.1 Å². The molecule has 0 radical (unpaired) electrons. The lowest BCUT2D eigenvalue weighted by atomic mass is 9.71. The fraction of sp³-hybridized carbons (Fsp3) is 0.353. The van der Waals surface area contributed by atoms with Crippen molar-refractivity contribution in [3.63, 3.8) is 0 Å². The van der Waals surface area contributed by atoms with E-state index in [1.807, 2.05) is 0 Å². The first-order chi connectivity index (χ1) is 23.7. The number of ether oxygens (including phenoxy) is 3. The molecule has 6 atom stereocenters. The van der Waals surface area contributed by atoms with Gasteiger partial charge in [-0.1, -0.05) is 18.2 Å². The SMILES string of the molecule is COc1cccc2c1C(=O)c1c(O)c3c(c(O)c1C2=O)C[C@@](O)(/C(C)=N/NC(=O)c1cccc([N+](=O)[O-])c1)C[C@@H]3OC1CC(N)C(O)C(C)O1.Cl. The molecule has 1 aliphatic heterocycles. The van der Waals surface area contributed by atoms with E-state index in [2.05, 4.69) is 10.5 Å². The zero-order valence-electron chi connectivity index (χ0n) is 27.5. The van der Waals surface area contributed by atoms with Crippen molar-refractivity contribution in [3.8, 4) is 17.2 Å². The number of hydrogen-bond acceptors (Lipinski definition) is 14. The predicted octanol–water partition coefficient (Wildman–Crippen LogP) is 2.58. The molecule has 51 heavy (non-hydrogen) atoms. The number of amides is 1. The van der Waals surface area contributed by atoms with Gasteiger partial charge in [-0.05, 0) is 26.0 Å². The Labute approximate surface area is 296 Å². The maximum atomic E-state index is 13.9. The van der Waals surface area contributed by atoms with E-state index in [-0.39, 0.29) is 70.2 Å². The van der Waals surface area contributed by atoms with Crippen molar-refractivity contribution in [3.05, 3.63) is 91.5 Å². The van der Waals surface area contributed by atoms with Crippen molar-refractivity contribution in [1.29, 1.82) is 0 Å². The first-order valence-corrected chi connectivity index (χ1v) is 15.6. The fourth-order valence-electron chi connectivity index (χ4n) is 6.73. The molecule has 3 aliphatic rings. The number of phenolic OH excluding ortho intramolecular Hbond substituents is 2. The number of aromatic hydroxyl groups is 2. The summed E-state index contributed by atoms with van der Waals surface area (Å²) in [6.45, 7) is 2.97. The molecule has 1 fully saturated rings. The Balaban J connectivity index is 0.00000504. The van der Waals surface area contributed by atoms with Crippen LogP contribution in [0.1, 0.15) is 86.1 Å². The minimum absolute atomic E-state index is 0. The number of carbonyl (C=O) groups excluding carboxylic acids is 3. The van der Waals surface area contributed by atoms with Gasteiger partial charge in [0.1, 0.15) is 22.8 Å². The van der Waals surface area contributed by atoms with E-state index < -0.39 is 87.7 Å². The van der Waals surface area contributed by atoms with Crippen molar-refractivity contribution in [2.24, 2.45) is 10.8 Å². The van der Waals surface area contributed by atoms with E-state index in [0.29, 0.717) is 0 Å². The third kappa shape index (κ3) is 6.41. The van der Waals surface area contributed by atoms with Crippen LogP contribution in [0.3, 0.4) is 0 Å². The van der Waals surface area contributed by atoms with Gasteiger partial charge in [0.25, 0.3) is 11.6 Å². The number of methoxy groups -OCH3 is 1. The summed E-state index contributed by atoms with van der Waals surface area (Å²) in [7, 11) is 1.32. The molecule has 7 N–H and O–H groups in total. The molecule has 6 rings (SSSR count). The van der Waals surface area contributed by atoms with Gasteiger partial charge in [0.2, 0.25) is 5.78 Å². The predicted molar refractivity (Wildman–Crippen MR) is 181 cm³/mol. The number of nitrogens with one attached hydrogen (secondary N) is 1. The summed E-state index contributed by atoms with van der Waals surface area (Å²) >= 11 is 0. The Bertz CT molecular complexity index is 1970. The number of rotatable bonds is 7. The standard InChI is InChI=1S/C34H34N4O12.ClH/c1-14-28(39)20(35)11-23(49-14)50-22-13-34(45,15(2)36-37-33(44)16-6-4-7-17(10-16)38(46)47)12-19-25(22)32(43)27-26(30(19)41)29(40)18-8-5-9-21(48-3)24(18)31(27)42;/h4-10,14,20,22-23,28,39,41,43,45H,11-13,35H2,1-3H3,(H,37,44);1H/b36-15+;/t14?,20?,22-,23?,28?,34-;/m0./s1. The summed E-state index contributed by atoms with van der Waals surface area (Å²) in [5.41, 5.74) is 4.58. The van der Waals surface area contributed by atoms with Crippen molar-refractivity contribution in [2.75, 3.05) is 7.11 Å². The van der Waals surface area contributed by atoms with E-state index in [1.54, 1.807) is 6.92 Å². The van der Waals surface area contributed by atoms with Crippen molar-refractivity contribution >= 4 is 41.3 Å². The molecule has 3 aromatic carbocycles. The molecule has 0 saturated carbocycles. The number of nitro benzene ring substituents is 1. The third-order valence-electron chi connectivity index (χ3n) is 9.46. The van der Waals surface area contributed by atoms with Crippen LogP contribution in [0.5, 0.6) is 17.2 Å². The van der Waals surface area contributed by atoms with Crippen LogP contribution in [0.25, 0.3) is 0 Å². The van der Waals surface area contributed by atoms with Gasteiger partial charge in [0.05, 0.1) is 52.7 Å². The van der Waals surface area contributed by atoms with Crippen LogP contribution >= 0.6 is 12.4 Å². The number of nitro groups is 1. The highest BCUT2D eigenvalue weighted by Crippen LogP contribution is 2.52. The second kappa shape index (κ2) is 14.0. The summed E-state index contributed by atoms with van der Waals surface area (Å²) in [6, 6.07) is 8.55. The summed E-state index contributed by atoms with van der Waals surface area (Å²) in [4.78, 5) is 51.1. The molecule has 0 spiro atoms. The zero-order valence-corrected chi connectivity index (χ0v) is 28.3.